The number of carbonyl (C=O) groups excluding carboxylic acids is 2. The molecule has 2 aliphatic rings. The average Bonchev–Trinajstić information content (AvgIpc) is 3.06. The van der Waals surface area contributed by atoms with Gasteiger partial charge < -0.3 is 19.6 Å². The zero-order valence-electron chi connectivity index (χ0n) is 14.5. The molecule has 7 nitrogen and oxygen atoms in total. The summed E-state index contributed by atoms with van der Waals surface area (Å²) in [6, 6.07) is 7.50. The van der Waals surface area contributed by atoms with Gasteiger partial charge in [0.05, 0.1) is 19.1 Å². The van der Waals surface area contributed by atoms with E-state index in [0.29, 0.717) is 19.6 Å². The fourth-order valence-corrected chi connectivity index (χ4v) is 3.20. The lowest BCUT2D eigenvalue weighted by molar-refractivity contribution is -0.145. The Morgan fingerprint density at radius 2 is 2.00 bits per heavy atom. The number of aliphatic carboxylic acids is 1. The number of nitrogens with zero attached hydrogens (tertiary/aromatic N) is 2. The van der Waals surface area contributed by atoms with Crippen molar-refractivity contribution in [2.75, 3.05) is 31.1 Å². The summed E-state index contributed by atoms with van der Waals surface area (Å²) in [6.07, 6.45) is 4.12. The number of carbonyl (C=O) groups is 3. The molecule has 138 valence electrons. The minimum Gasteiger partial charge on any atom is -0.481 e. The number of ether oxygens (including phenoxy) is 1. The first-order valence-electron chi connectivity index (χ1n) is 8.74. The molecule has 2 amide bonds. The van der Waals surface area contributed by atoms with E-state index in [0.717, 1.165) is 24.2 Å². The SMILES string of the molecule is O=C(O)CC1CN(C(=O)C=Cc2ccc(N3CCCC3=O)cc2)CCO1. The van der Waals surface area contributed by atoms with E-state index in [1.165, 1.54) is 6.08 Å². The van der Waals surface area contributed by atoms with Crippen LogP contribution in [-0.2, 0) is 19.1 Å². The predicted molar refractivity (Wildman–Crippen MR) is 95.6 cm³/mol. The molecule has 0 aliphatic carbocycles. The molecule has 2 fully saturated rings. The topological polar surface area (TPSA) is 87.2 Å². The number of morpholine rings is 1. The summed E-state index contributed by atoms with van der Waals surface area (Å²) >= 11 is 0. The molecule has 3 rings (SSSR count). The molecule has 0 spiro atoms. The van der Waals surface area contributed by atoms with E-state index in [1.54, 1.807) is 15.9 Å². The van der Waals surface area contributed by atoms with E-state index in [-0.39, 0.29) is 24.8 Å². The monoisotopic (exact) mass is 358 g/mol. The molecule has 1 N–H and O–H groups in total. The third-order valence-electron chi connectivity index (χ3n) is 4.55. The van der Waals surface area contributed by atoms with Gasteiger partial charge in [0.15, 0.2) is 0 Å². The maximum atomic E-state index is 12.3. The maximum absolute atomic E-state index is 12.3. The molecule has 1 aromatic carbocycles. The van der Waals surface area contributed by atoms with Crippen molar-refractivity contribution in [1.29, 1.82) is 0 Å². The van der Waals surface area contributed by atoms with Gasteiger partial charge in [0, 0.05) is 37.8 Å². The normalized spacial score (nSPS) is 20.8. The molecule has 2 heterocycles. The van der Waals surface area contributed by atoms with Gasteiger partial charge in [-0.25, -0.2) is 0 Å². The number of anilines is 1. The molecule has 2 aliphatic heterocycles. The van der Waals surface area contributed by atoms with Crippen molar-refractivity contribution in [1.82, 2.24) is 4.90 Å². The van der Waals surface area contributed by atoms with Crippen LogP contribution in [0, 0.1) is 0 Å². The van der Waals surface area contributed by atoms with Crippen molar-refractivity contribution in [3.05, 3.63) is 35.9 Å². The van der Waals surface area contributed by atoms with Gasteiger partial charge in [0.1, 0.15) is 0 Å². The minimum absolute atomic E-state index is 0.107. The Labute approximate surface area is 151 Å². The van der Waals surface area contributed by atoms with Gasteiger partial charge in [-0.3, -0.25) is 14.4 Å². The number of rotatable bonds is 5. The van der Waals surface area contributed by atoms with Gasteiger partial charge in [-0.15, -0.1) is 0 Å². The lowest BCUT2D eigenvalue weighted by Gasteiger charge is -2.31. The quantitative estimate of drug-likeness (QED) is 0.807. The number of carboxylic acids is 1. The summed E-state index contributed by atoms with van der Waals surface area (Å²) in [7, 11) is 0. The average molecular weight is 358 g/mol. The number of hydrogen-bond acceptors (Lipinski definition) is 4. The van der Waals surface area contributed by atoms with Crippen molar-refractivity contribution in [3.8, 4) is 0 Å². The van der Waals surface area contributed by atoms with Crippen molar-refractivity contribution in [2.24, 2.45) is 0 Å². The standard InChI is InChI=1S/C19H22N2O5/c22-17(20-10-11-26-16(13-20)12-19(24)25)8-5-14-3-6-15(7-4-14)21-9-1-2-18(21)23/h3-8,16H,1-2,9-13H2,(H,24,25). The van der Waals surface area contributed by atoms with Crippen LogP contribution in [0.5, 0.6) is 0 Å². The van der Waals surface area contributed by atoms with E-state index in [4.69, 9.17) is 9.84 Å². The summed E-state index contributed by atoms with van der Waals surface area (Å²) in [4.78, 5) is 38.2. The smallest absolute Gasteiger partial charge is 0.306 e. The van der Waals surface area contributed by atoms with Crippen LogP contribution in [-0.4, -0.2) is 60.1 Å². The molecule has 7 heteroatoms. The van der Waals surface area contributed by atoms with Gasteiger partial charge in [0.2, 0.25) is 11.8 Å². The minimum atomic E-state index is -0.934. The first-order valence-corrected chi connectivity index (χ1v) is 8.74. The van der Waals surface area contributed by atoms with Gasteiger partial charge in [0.25, 0.3) is 0 Å². The summed E-state index contributed by atoms with van der Waals surface area (Å²) in [5, 5.41) is 8.84. The summed E-state index contributed by atoms with van der Waals surface area (Å²) in [6.45, 7) is 1.83. The second kappa shape index (κ2) is 8.14. The van der Waals surface area contributed by atoms with E-state index in [1.807, 2.05) is 24.3 Å². The molecule has 1 unspecified atom stereocenters. The van der Waals surface area contributed by atoms with Crippen LogP contribution in [0.3, 0.4) is 0 Å². The van der Waals surface area contributed by atoms with Gasteiger partial charge in [-0.1, -0.05) is 12.1 Å². The highest BCUT2D eigenvalue weighted by Gasteiger charge is 2.25. The molecule has 26 heavy (non-hydrogen) atoms. The Bertz CT molecular complexity index is 713. The van der Waals surface area contributed by atoms with Crippen molar-refractivity contribution >= 4 is 29.5 Å². The van der Waals surface area contributed by atoms with Crippen LogP contribution in [0.4, 0.5) is 5.69 Å². The van der Waals surface area contributed by atoms with Crippen LogP contribution < -0.4 is 4.90 Å². The van der Waals surface area contributed by atoms with Crippen molar-refractivity contribution in [3.63, 3.8) is 0 Å². The molecular formula is C19H22N2O5. The van der Waals surface area contributed by atoms with Crippen LogP contribution in [0.15, 0.2) is 30.3 Å². The highest BCUT2D eigenvalue weighted by Crippen LogP contribution is 2.22. The number of hydrogen-bond donors (Lipinski definition) is 1. The maximum Gasteiger partial charge on any atom is 0.306 e. The Kier molecular flexibility index (Phi) is 5.68. The molecule has 0 saturated carbocycles. The van der Waals surface area contributed by atoms with Gasteiger partial charge >= 0.3 is 5.97 Å². The number of amides is 2. The highest BCUT2D eigenvalue weighted by molar-refractivity contribution is 5.95. The lowest BCUT2D eigenvalue weighted by Crippen LogP contribution is -2.45. The van der Waals surface area contributed by atoms with Crippen molar-refractivity contribution < 1.29 is 24.2 Å². The molecule has 0 bridgehead atoms. The summed E-state index contributed by atoms with van der Waals surface area (Å²) in [5.41, 5.74) is 1.74. The third-order valence-corrected chi connectivity index (χ3v) is 4.55. The van der Waals surface area contributed by atoms with Crippen LogP contribution in [0.25, 0.3) is 6.08 Å². The predicted octanol–water partition coefficient (Wildman–Crippen LogP) is 1.53. The van der Waals surface area contributed by atoms with E-state index in [9.17, 15) is 14.4 Å². The molecular weight excluding hydrogens is 336 g/mol. The first kappa shape index (κ1) is 18.1. The third kappa shape index (κ3) is 4.49. The van der Waals surface area contributed by atoms with E-state index < -0.39 is 12.1 Å². The van der Waals surface area contributed by atoms with Crippen LogP contribution in [0.2, 0.25) is 0 Å². The zero-order chi connectivity index (χ0) is 18.5. The molecule has 1 atom stereocenters. The van der Waals surface area contributed by atoms with Crippen LogP contribution in [0.1, 0.15) is 24.8 Å². The number of benzene rings is 1. The molecule has 0 aromatic heterocycles. The van der Waals surface area contributed by atoms with Gasteiger partial charge in [-0.05, 0) is 30.2 Å². The fraction of sp³-hybridized carbons (Fsp3) is 0.421. The second-order valence-electron chi connectivity index (χ2n) is 6.45. The second-order valence-corrected chi connectivity index (χ2v) is 6.45. The Morgan fingerprint density at radius 1 is 1.23 bits per heavy atom. The largest absolute Gasteiger partial charge is 0.481 e. The fourth-order valence-electron chi connectivity index (χ4n) is 3.20. The summed E-state index contributed by atoms with van der Waals surface area (Å²) < 4.78 is 5.37. The summed E-state index contributed by atoms with van der Waals surface area (Å²) in [5.74, 6) is -0.953. The van der Waals surface area contributed by atoms with E-state index in [2.05, 4.69) is 0 Å². The van der Waals surface area contributed by atoms with Crippen LogP contribution >= 0.6 is 0 Å². The Hall–Kier alpha value is -2.67. The van der Waals surface area contributed by atoms with Crippen molar-refractivity contribution in [2.45, 2.75) is 25.4 Å². The number of carboxylic acid groups (broad SMARTS) is 1. The lowest BCUT2D eigenvalue weighted by atomic mass is 10.1. The van der Waals surface area contributed by atoms with Gasteiger partial charge in [-0.2, -0.15) is 0 Å². The highest BCUT2D eigenvalue weighted by atomic mass is 16.5. The zero-order valence-corrected chi connectivity index (χ0v) is 14.5. The Balaban J connectivity index is 1.57. The van der Waals surface area contributed by atoms with E-state index >= 15 is 0 Å². The molecule has 1 aromatic rings. The molecule has 2 saturated heterocycles. The first-order chi connectivity index (χ1) is 12.5. The Morgan fingerprint density at radius 3 is 2.65 bits per heavy atom. The molecule has 0 radical (unpaired) electrons.